The molecule has 2 heterocycles. The van der Waals surface area contributed by atoms with Gasteiger partial charge in [0.05, 0.1) is 11.3 Å². The van der Waals surface area contributed by atoms with E-state index in [2.05, 4.69) is 15.7 Å². The van der Waals surface area contributed by atoms with Gasteiger partial charge in [-0.2, -0.15) is 0 Å². The summed E-state index contributed by atoms with van der Waals surface area (Å²) in [6.07, 6.45) is 0. The molecule has 16 heavy (non-hydrogen) atoms. The Kier molecular flexibility index (Phi) is 1.70. The number of benzene rings is 1. The second-order valence-electron chi connectivity index (χ2n) is 3.53. The minimum atomic E-state index is -0.258. The first-order valence-corrected chi connectivity index (χ1v) is 4.80. The standard InChI is InChI=1S/C10H8N4O2/c15-8-5-14-10(12-8)11-7-4-2-1-3-6(7)9(16)13-14/h1-4H,5H2,(H,13,16)(H,11,12,15). The van der Waals surface area contributed by atoms with Crippen LogP contribution in [0.3, 0.4) is 0 Å². The lowest BCUT2D eigenvalue weighted by atomic mass is 10.2. The molecule has 1 saturated heterocycles. The number of nitrogens with one attached hydrogen (secondary N) is 2. The molecule has 2 aliphatic heterocycles. The van der Waals surface area contributed by atoms with Crippen LogP contribution in [-0.4, -0.2) is 29.3 Å². The van der Waals surface area contributed by atoms with E-state index in [1.165, 1.54) is 5.01 Å². The van der Waals surface area contributed by atoms with Crippen molar-refractivity contribution in [1.82, 2.24) is 15.8 Å². The second kappa shape index (κ2) is 3.06. The predicted octanol–water partition coefficient (Wildman–Crippen LogP) is -0.236. The fourth-order valence-corrected chi connectivity index (χ4v) is 1.69. The zero-order valence-electron chi connectivity index (χ0n) is 8.23. The molecule has 2 amide bonds. The molecule has 1 aromatic carbocycles. The van der Waals surface area contributed by atoms with Gasteiger partial charge in [-0.1, -0.05) is 12.1 Å². The van der Waals surface area contributed by atoms with Crippen LogP contribution >= 0.6 is 0 Å². The van der Waals surface area contributed by atoms with Gasteiger partial charge in [-0.15, -0.1) is 0 Å². The van der Waals surface area contributed by atoms with Crippen LogP contribution in [0.5, 0.6) is 0 Å². The van der Waals surface area contributed by atoms with Crippen molar-refractivity contribution in [2.75, 3.05) is 6.54 Å². The lowest BCUT2D eigenvalue weighted by molar-refractivity contribution is -0.118. The Morgan fingerprint density at radius 1 is 1.25 bits per heavy atom. The molecule has 3 rings (SSSR count). The van der Waals surface area contributed by atoms with Crippen LogP contribution in [0, 0.1) is 0 Å². The summed E-state index contributed by atoms with van der Waals surface area (Å²) in [6, 6.07) is 6.99. The first kappa shape index (κ1) is 8.90. The summed E-state index contributed by atoms with van der Waals surface area (Å²) in [5.74, 6) is -0.0763. The number of nitrogens with zero attached hydrogens (tertiary/aromatic N) is 2. The van der Waals surface area contributed by atoms with Crippen LogP contribution in [0.25, 0.3) is 0 Å². The largest absolute Gasteiger partial charge is 0.293 e. The summed E-state index contributed by atoms with van der Waals surface area (Å²) in [4.78, 5) is 27.2. The van der Waals surface area contributed by atoms with Crippen LogP contribution in [0.15, 0.2) is 29.3 Å². The topological polar surface area (TPSA) is 73.8 Å². The third-order valence-electron chi connectivity index (χ3n) is 2.42. The molecule has 0 radical (unpaired) electrons. The molecule has 0 aromatic heterocycles. The van der Waals surface area contributed by atoms with E-state index in [0.717, 1.165) is 0 Å². The Labute approximate surface area is 90.9 Å². The summed E-state index contributed by atoms with van der Waals surface area (Å²) >= 11 is 0. The second-order valence-corrected chi connectivity index (χ2v) is 3.53. The van der Waals surface area contributed by atoms with Gasteiger partial charge in [-0.25, -0.2) is 10.0 Å². The fourth-order valence-electron chi connectivity index (χ4n) is 1.69. The van der Waals surface area contributed by atoms with E-state index in [4.69, 9.17) is 0 Å². The number of carbonyl (C=O) groups is 2. The molecule has 2 N–H and O–H groups in total. The number of hydrazine groups is 1. The summed E-state index contributed by atoms with van der Waals surface area (Å²) in [5.41, 5.74) is 3.66. The molecule has 0 bridgehead atoms. The molecule has 0 spiro atoms. The van der Waals surface area contributed by atoms with E-state index in [1.807, 2.05) is 0 Å². The minimum absolute atomic E-state index is 0.0958. The molecule has 1 fully saturated rings. The Bertz CT molecular complexity index is 523. The number of hydrogen-bond donors (Lipinski definition) is 2. The van der Waals surface area contributed by atoms with Crippen molar-refractivity contribution in [3.8, 4) is 0 Å². The molecule has 0 saturated carbocycles. The lowest BCUT2D eigenvalue weighted by Crippen LogP contribution is -2.43. The Hall–Kier alpha value is -2.37. The van der Waals surface area contributed by atoms with Gasteiger partial charge < -0.3 is 0 Å². The molecular weight excluding hydrogens is 208 g/mol. The van der Waals surface area contributed by atoms with Crippen molar-refractivity contribution in [3.63, 3.8) is 0 Å². The van der Waals surface area contributed by atoms with Crippen LogP contribution < -0.4 is 10.7 Å². The summed E-state index contributed by atoms with van der Waals surface area (Å²) < 4.78 is 0. The number of para-hydroxylation sites is 1. The van der Waals surface area contributed by atoms with Gasteiger partial charge in [0.1, 0.15) is 6.54 Å². The smallest absolute Gasteiger partial charge is 0.272 e. The summed E-state index contributed by atoms with van der Waals surface area (Å²) in [6.45, 7) is 0.0958. The highest BCUT2D eigenvalue weighted by Gasteiger charge is 2.30. The highest BCUT2D eigenvalue weighted by Crippen LogP contribution is 2.21. The molecule has 0 aliphatic carbocycles. The number of fused-ring (bicyclic) bond motifs is 2. The van der Waals surface area contributed by atoms with Crippen LogP contribution in [-0.2, 0) is 4.79 Å². The average molecular weight is 216 g/mol. The van der Waals surface area contributed by atoms with E-state index in [-0.39, 0.29) is 18.4 Å². The quantitative estimate of drug-likeness (QED) is 0.628. The first-order valence-electron chi connectivity index (χ1n) is 4.80. The summed E-state index contributed by atoms with van der Waals surface area (Å²) in [5, 5.41) is 3.99. The Balaban J connectivity index is 2.13. The van der Waals surface area contributed by atoms with Crippen molar-refractivity contribution in [3.05, 3.63) is 29.8 Å². The number of aliphatic imine (C=N–C) groups is 1. The third-order valence-corrected chi connectivity index (χ3v) is 2.42. The van der Waals surface area contributed by atoms with E-state index in [9.17, 15) is 9.59 Å². The Morgan fingerprint density at radius 3 is 2.94 bits per heavy atom. The van der Waals surface area contributed by atoms with Gasteiger partial charge in [0.25, 0.3) is 5.91 Å². The molecule has 0 atom stereocenters. The molecule has 2 aliphatic rings. The van der Waals surface area contributed by atoms with Gasteiger partial charge >= 0.3 is 0 Å². The van der Waals surface area contributed by atoms with Crippen LogP contribution in [0.4, 0.5) is 5.69 Å². The van der Waals surface area contributed by atoms with Crippen LogP contribution in [0.2, 0.25) is 0 Å². The normalized spacial score (nSPS) is 18.0. The number of rotatable bonds is 0. The van der Waals surface area contributed by atoms with Crippen molar-refractivity contribution >= 4 is 23.5 Å². The molecule has 6 heteroatoms. The van der Waals surface area contributed by atoms with Crippen molar-refractivity contribution in [1.29, 1.82) is 0 Å². The van der Waals surface area contributed by atoms with E-state index in [0.29, 0.717) is 17.2 Å². The molecule has 80 valence electrons. The molecule has 6 nitrogen and oxygen atoms in total. The van der Waals surface area contributed by atoms with Gasteiger partial charge in [0.2, 0.25) is 11.9 Å². The Morgan fingerprint density at radius 2 is 2.06 bits per heavy atom. The first-order chi connectivity index (χ1) is 7.74. The maximum absolute atomic E-state index is 11.8. The van der Waals surface area contributed by atoms with Gasteiger partial charge in [-0.3, -0.25) is 20.3 Å². The minimum Gasteiger partial charge on any atom is -0.293 e. The van der Waals surface area contributed by atoms with Gasteiger partial charge in [0.15, 0.2) is 0 Å². The maximum atomic E-state index is 11.8. The SMILES string of the molecule is O=C1CN2NC(=O)c3ccccc3N=C2N1. The fraction of sp³-hybridized carbons (Fsp3) is 0.100. The number of guanidine groups is 1. The van der Waals surface area contributed by atoms with E-state index >= 15 is 0 Å². The predicted molar refractivity (Wildman–Crippen MR) is 55.9 cm³/mol. The number of hydrogen-bond acceptors (Lipinski definition) is 4. The maximum Gasteiger partial charge on any atom is 0.272 e. The van der Waals surface area contributed by atoms with Crippen molar-refractivity contribution in [2.24, 2.45) is 4.99 Å². The summed E-state index contributed by atoms with van der Waals surface area (Å²) in [7, 11) is 0. The van der Waals surface area contributed by atoms with E-state index in [1.54, 1.807) is 24.3 Å². The van der Waals surface area contributed by atoms with Crippen LogP contribution in [0.1, 0.15) is 10.4 Å². The van der Waals surface area contributed by atoms with E-state index < -0.39 is 0 Å². The van der Waals surface area contributed by atoms with Crippen molar-refractivity contribution < 1.29 is 9.59 Å². The van der Waals surface area contributed by atoms with Gasteiger partial charge in [0, 0.05) is 0 Å². The molecule has 1 aromatic rings. The molecule has 0 unspecified atom stereocenters. The third kappa shape index (κ3) is 1.23. The molecular formula is C10H8N4O2. The zero-order valence-corrected chi connectivity index (χ0v) is 8.23. The zero-order chi connectivity index (χ0) is 11.1. The monoisotopic (exact) mass is 216 g/mol. The number of amides is 2. The lowest BCUT2D eigenvalue weighted by Gasteiger charge is -2.14. The van der Waals surface area contributed by atoms with Gasteiger partial charge in [-0.05, 0) is 12.1 Å². The highest BCUT2D eigenvalue weighted by molar-refractivity contribution is 6.09. The average Bonchev–Trinajstić information content (AvgIpc) is 2.53. The van der Waals surface area contributed by atoms with Crippen molar-refractivity contribution in [2.45, 2.75) is 0 Å². The highest BCUT2D eigenvalue weighted by atomic mass is 16.2. The number of carbonyl (C=O) groups excluding carboxylic acids is 2.